The van der Waals surface area contributed by atoms with Crippen molar-refractivity contribution in [1.82, 2.24) is 0 Å². The molecule has 0 rings (SSSR count). The van der Waals surface area contributed by atoms with E-state index in [9.17, 15) is 0 Å². The second-order valence-corrected chi connectivity index (χ2v) is 1.13. The van der Waals surface area contributed by atoms with Gasteiger partial charge in [-0.1, -0.05) is 0 Å². The van der Waals surface area contributed by atoms with Crippen molar-refractivity contribution in [2.24, 2.45) is 0 Å². The fraction of sp³-hybridized carbons (Fsp3) is 1.00. The number of hydrogen-bond donors (Lipinski definition) is 0. The Morgan fingerprint density at radius 2 is 1.20 bits per heavy atom. The zero-order chi connectivity index (χ0) is 3.41. The first-order chi connectivity index (χ1) is 1.91. The van der Waals surface area contributed by atoms with Crippen LogP contribution < -0.4 is 0 Å². The Kier molecular flexibility index (Phi) is 17.3. The maximum Gasteiger partial charge on any atom is 2.00 e. The number of alkyl halides is 2. The van der Waals surface area contributed by atoms with Gasteiger partial charge in [-0.2, -0.15) is 0 Å². The average Bonchev–Trinajstić information content (AvgIpc) is 1.37. The summed E-state index contributed by atoms with van der Waals surface area (Å²) in [6, 6.07) is 0. The van der Waals surface area contributed by atoms with E-state index in [1.54, 1.807) is 0 Å². The molecule has 5 heavy (non-hydrogen) atoms. The fourth-order valence-corrected chi connectivity index (χ4v) is 0. The van der Waals surface area contributed by atoms with E-state index in [1.807, 2.05) is 0 Å². The SMILES string of the molecule is ClCCCl.[Mg+2]. The summed E-state index contributed by atoms with van der Waals surface area (Å²) >= 11 is 10.1. The third-order valence-electron chi connectivity index (χ3n) is 0.0714. The van der Waals surface area contributed by atoms with E-state index in [1.165, 1.54) is 0 Å². The second-order valence-electron chi connectivity index (χ2n) is 0.378. The van der Waals surface area contributed by atoms with E-state index in [4.69, 9.17) is 23.2 Å². The second kappa shape index (κ2) is 9.02. The van der Waals surface area contributed by atoms with Gasteiger partial charge in [0, 0.05) is 11.8 Å². The van der Waals surface area contributed by atoms with E-state index in [0.29, 0.717) is 11.8 Å². The van der Waals surface area contributed by atoms with E-state index >= 15 is 0 Å². The molecule has 0 nitrogen and oxygen atoms in total. The van der Waals surface area contributed by atoms with Crippen LogP contribution in [-0.4, -0.2) is 34.8 Å². The summed E-state index contributed by atoms with van der Waals surface area (Å²) in [7, 11) is 0. The van der Waals surface area contributed by atoms with Crippen molar-refractivity contribution in [1.29, 1.82) is 0 Å². The predicted octanol–water partition coefficient (Wildman–Crippen LogP) is 1.08. The van der Waals surface area contributed by atoms with Crippen LogP contribution in [0.3, 0.4) is 0 Å². The quantitative estimate of drug-likeness (QED) is 0.361. The molecule has 0 aromatic heterocycles. The molecule has 3 heteroatoms. The van der Waals surface area contributed by atoms with E-state index in [0.717, 1.165) is 0 Å². The summed E-state index contributed by atoms with van der Waals surface area (Å²) in [6.45, 7) is 0. The summed E-state index contributed by atoms with van der Waals surface area (Å²) < 4.78 is 0. The molecule has 0 atom stereocenters. The average molecular weight is 123 g/mol. The van der Waals surface area contributed by atoms with Crippen molar-refractivity contribution >= 4 is 46.3 Å². The molecule has 0 spiro atoms. The maximum absolute atomic E-state index is 5.05. The smallest absolute Gasteiger partial charge is 0.125 e. The predicted molar refractivity (Wildman–Crippen MR) is 27.2 cm³/mol. The Bertz CT molecular complexity index is 9.61. The zero-order valence-corrected chi connectivity index (χ0v) is 5.80. The molecule has 0 N–H and O–H groups in total. The molecule has 0 radical (unpaired) electrons. The Morgan fingerprint density at radius 3 is 1.20 bits per heavy atom. The third kappa shape index (κ3) is 10.9. The van der Waals surface area contributed by atoms with Gasteiger partial charge < -0.3 is 0 Å². The maximum atomic E-state index is 5.05. The zero-order valence-electron chi connectivity index (χ0n) is 2.88. The van der Waals surface area contributed by atoms with Gasteiger partial charge in [0.05, 0.1) is 0 Å². The molecule has 0 bridgehead atoms. The van der Waals surface area contributed by atoms with Crippen LogP contribution in [0.4, 0.5) is 0 Å². The Morgan fingerprint density at radius 1 is 1.00 bits per heavy atom. The number of rotatable bonds is 1. The Hall–Kier alpha value is 1.35. The first-order valence-electron chi connectivity index (χ1n) is 1.03. The van der Waals surface area contributed by atoms with Gasteiger partial charge in [-0.15, -0.1) is 23.2 Å². The fourth-order valence-electron chi connectivity index (χ4n) is 0. The molecule has 0 unspecified atom stereocenters. The van der Waals surface area contributed by atoms with Crippen LogP contribution in [0.2, 0.25) is 0 Å². The molecule has 0 aromatic rings. The number of halogens is 2. The molecule has 0 heterocycles. The monoisotopic (exact) mass is 122 g/mol. The molecule has 0 aromatic carbocycles. The van der Waals surface area contributed by atoms with Crippen LogP contribution in [0.1, 0.15) is 0 Å². The van der Waals surface area contributed by atoms with Crippen LogP contribution in [0.25, 0.3) is 0 Å². The van der Waals surface area contributed by atoms with E-state index in [-0.39, 0.29) is 23.1 Å². The Labute approximate surface area is 58.0 Å². The number of hydrogen-bond acceptors (Lipinski definition) is 0. The van der Waals surface area contributed by atoms with Gasteiger partial charge in [0.25, 0.3) is 0 Å². The van der Waals surface area contributed by atoms with Crippen molar-refractivity contribution in [3.63, 3.8) is 0 Å². The van der Waals surface area contributed by atoms with Crippen molar-refractivity contribution < 1.29 is 0 Å². The molecule has 26 valence electrons. The molecule has 0 saturated carbocycles. The molecular formula is C2H4Cl2Mg+2. The van der Waals surface area contributed by atoms with Gasteiger partial charge >= 0.3 is 23.1 Å². The van der Waals surface area contributed by atoms with Crippen LogP contribution in [0.15, 0.2) is 0 Å². The molecular weight excluding hydrogens is 119 g/mol. The minimum absolute atomic E-state index is 0. The topological polar surface area (TPSA) is 0 Å². The van der Waals surface area contributed by atoms with Crippen LogP contribution in [0, 0.1) is 0 Å². The largest absolute Gasteiger partial charge is 2.00 e. The summed E-state index contributed by atoms with van der Waals surface area (Å²) in [5.74, 6) is 1.11. The van der Waals surface area contributed by atoms with Crippen molar-refractivity contribution in [2.75, 3.05) is 11.8 Å². The van der Waals surface area contributed by atoms with Gasteiger partial charge in [-0.25, -0.2) is 0 Å². The van der Waals surface area contributed by atoms with Gasteiger partial charge in [0.2, 0.25) is 0 Å². The first kappa shape index (κ1) is 9.60. The van der Waals surface area contributed by atoms with Gasteiger partial charge in [0.15, 0.2) is 0 Å². The molecule has 0 aliphatic heterocycles. The van der Waals surface area contributed by atoms with Crippen LogP contribution in [-0.2, 0) is 0 Å². The van der Waals surface area contributed by atoms with Gasteiger partial charge in [-0.05, 0) is 0 Å². The molecule has 0 saturated heterocycles. The van der Waals surface area contributed by atoms with Gasteiger partial charge in [-0.3, -0.25) is 0 Å². The van der Waals surface area contributed by atoms with Gasteiger partial charge in [0.1, 0.15) is 0 Å². The van der Waals surface area contributed by atoms with Crippen LogP contribution in [0.5, 0.6) is 0 Å². The molecule has 0 amide bonds. The van der Waals surface area contributed by atoms with E-state index in [2.05, 4.69) is 0 Å². The molecule has 0 aliphatic carbocycles. The normalized spacial score (nSPS) is 6.00. The Balaban J connectivity index is 0. The summed E-state index contributed by atoms with van der Waals surface area (Å²) in [5, 5.41) is 0. The summed E-state index contributed by atoms with van der Waals surface area (Å²) in [5.41, 5.74) is 0. The minimum Gasteiger partial charge on any atom is -0.125 e. The van der Waals surface area contributed by atoms with Crippen molar-refractivity contribution in [3.8, 4) is 0 Å². The summed E-state index contributed by atoms with van der Waals surface area (Å²) in [6.07, 6.45) is 0. The van der Waals surface area contributed by atoms with Crippen LogP contribution >= 0.6 is 23.2 Å². The van der Waals surface area contributed by atoms with Crippen molar-refractivity contribution in [2.45, 2.75) is 0 Å². The first-order valence-corrected chi connectivity index (χ1v) is 2.10. The third-order valence-corrected chi connectivity index (χ3v) is 0.643. The molecule has 0 aliphatic rings. The minimum atomic E-state index is 0. The van der Waals surface area contributed by atoms with Crippen molar-refractivity contribution in [3.05, 3.63) is 0 Å². The summed E-state index contributed by atoms with van der Waals surface area (Å²) in [4.78, 5) is 0. The molecule has 0 fully saturated rings. The standard InChI is InChI=1S/C2H4Cl2.Mg/c3-1-2-4;/h1-2H2;/q;+2. The van der Waals surface area contributed by atoms with E-state index < -0.39 is 0 Å².